The summed E-state index contributed by atoms with van der Waals surface area (Å²) < 4.78 is 0.993. The fraction of sp³-hybridized carbons (Fsp3) is 0.417. The summed E-state index contributed by atoms with van der Waals surface area (Å²) in [5.41, 5.74) is 2.08. The second kappa shape index (κ2) is 5.30. The van der Waals surface area contributed by atoms with Crippen LogP contribution in [-0.2, 0) is 4.79 Å². The molecule has 0 saturated carbocycles. The van der Waals surface area contributed by atoms with E-state index in [2.05, 4.69) is 20.6 Å². The van der Waals surface area contributed by atoms with E-state index in [9.17, 15) is 4.79 Å². The molecule has 2 aromatic heterocycles. The molecule has 5 nitrogen and oxygen atoms in total. The number of fused-ring (bicyclic) bond motifs is 1. The van der Waals surface area contributed by atoms with Crippen LogP contribution in [0.25, 0.3) is 10.2 Å². The Morgan fingerprint density at radius 1 is 1.44 bits per heavy atom. The highest BCUT2D eigenvalue weighted by molar-refractivity contribution is 7.18. The first-order valence-corrected chi connectivity index (χ1v) is 6.68. The van der Waals surface area contributed by atoms with Gasteiger partial charge < -0.3 is 10.6 Å². The van der Waals surface area contributed by atoms with Gasteiger partial charge in [0.05, 0.1) is 16.8 Å². The zero-order valence-electron chi connectivity index (χ0n) is 10.7. The predicted molar refractivity (Wildman–Crippen MR) is 73.9 cm³/mol. The van der Waals surface area contributed by atoms with Crippen molar-refractivity contribution in [2.45, 2.75) is 26.8 Å². The molecule has 2 N–H and O–H groups in total. The van der Waals surface area contributed by atoms with Crippen LogP contribution in [0.3, 0.4) is 0 Å². The van der Waals surface area contributed by atoms with Gasteiger partial charge in [-0.25, -0.2) is 9.97 Å². The van der Waals surface area contributed by atoms with Crippen LogP contribution >= 0.6 is 11.3 Å². The Kier molecular flexibility index (Phi) is 3.76. The average Bonchev–Trinajstić information content (AvgIpc) is 2.68. The van der Waals surface area contributed by atoms with Gasteiger partial charge in [-0.05, 0) is 31.7 Å². The molecule has 2 heterocycles. The molecule has 18 heavy (non-hydrogen) atoms. The van der Waals surface area contributed by atoms with Crippen molar-refractivity contribution in [3.8, 4) is 0 Å². The smallest absolute Gasteiger partial charge is 0.239 e. The highest BCUT2D eigenvalue weighted by Gasteiger charge is 2.09. The minimum Gasteiger partial charge on any atom is -0.360 e. The van der Waals surface area contributed by atoms with E-state index in [4.69, 9.17) is 0 Å². The molecule has 1 amide bonds. The van der Waals surface area contributed by atoms with E-state index < -0.39 is 0 Å². The highest BCUT2D eigenvalue weighted by atomic mass is 32.1. The van der Waals surface area contributed by atoms with Crippen LogP contribution in [-0.4, -0.2) is 28.5 Å². The number of carbonyl (C=O) groups is 1. The van der Waals surface area contributed by atoms with Crippen molar-refractivity contribution < 1.29 is 4.79 Å². The van der Waals surface area contributed by atoms with Crippen molar-refractivity contribution in [2.75, 3.05) is 11.9 Å². The van der Waals surface area contributed by atoms with Crippen molar-refractivity contribution in [2.24, 2.45) is 0 Å². The molecule has 0 radical (unpaired) electrons. The Labute approximate surface area is 110 Å². The number of nitrogens with zero attached hydrogens (tertiary/aromatic N) is 2. The van der Waals surface area contributed by atoms with Crippen molar-refractivity contribution in [1.82, 2.24) is 15.3 Å². The van der Waals surface area contributed by atoms with Gasteiger partial charge in [-0.3, -0.25) is 4.79 Å². The summed E-state index contributed by atoms with van der Waals surface area (Å²) in [6.45, 7) is 6.11. The molecule has 0 aliphatic heterocycles. The lowest BCUT2D eigenvalue weighted by Gasteiger charge is -2.09. The summed E-state index contributed by atoms with van der Waals surface area (Å²) in [5, 5.41) is 7.92. The van der Waals surface area contributed by atoms with Gasteiger partial charge in [-0.1, -0.05) is 0 Å². The van der Waals surface area contributed by atoms with Crippen LogP contribution in [0.2, 0.25) is 0 Å². The number of carbonyl (C=O) groups excluding carboxylic acids is 1. The van der Waals surface area contributed by atoms with E-state index in [1.165, 1.54) is 6.33 Å². The predicted octanol–water partition coefficient (Wildman–Crippen LogP) is 1.94. The van der Waals surface area contributed by atoms with Gasteiger partial charge in [0.2, 0.25) is 5.91 Å². The second-order valence-corrected chi connectivity index (χ2v) is 5.27. The minimum atomic E-state index is -0.0370. The van der Waals surface area contributed by atoms with E-state index in [1.807, 2.05) is 26.2 Å². The molecule has 2 rings (SSSR count). The second-order valence-electron chi connectivity index (χ2n) is 4.39. The lowest BCUT2D eigenvalue weighted by Crippen LogP contribution is -2.34. The largest absolute Gasteiger partial charge is 0.360 e. The molecule has 6 heteroatoms. The van der Waals surface area contributed by atoms with E-state index in [0.717, 1.165) is 21.6 Å². The third kappa shape index (κ3) is 2.76. The Balaban J connectivity index is 2.10. The van der Waals surface area contributed by atoms with Crippen LogP contribution in [0.1, 0.15) is 19.4 Å². The van der Waals surface area contributed by atoms with Crippen molar-refractivity contribution in [1.29, 1.82) is 0 Å². The van der Waals surface area contributed by atoms with Crippen molar-refractivity contribution >= 4 is 33.3 Å². The van der Waals surface area contributed by atoms with Gasteiger partial charge in [0, 0.05) is 6.04 Å². The number of aromatic nitrogens is 2. The van der Waals surface area contributed by atoms with Gasteiger partial charge in [0.15, 0.2) is 0 Å². The molecule has 0 saturated heterocycles. The molecule has 0 fully saturated rings. The van der Waals surface area contributed by atoms with Gasteiger partial charge in [-0.2, -0.15) is 0 Å². The van der Waals surface area contributed by atoms with Crippen molar-refractivity contribution in [3.05, 3.63) is 17.3 Å². The van der Waals surface area contributed by atoms with Crippen molar-refractivity contribution in [3.63, 3.8) is 0 Å². The number of hydrogen-bond donors (Lipinski definition) is 2. The van der Waals surface area contributed by atoms with Gasteiger partial charge in [0.25, 0.3) is 0 Å². The Bertz CT molecular complexity index is 564. The minimum absolute atomic E-state index is 0.0370. The summed E-state index contributed by atoms with van der Waals surface area (Å²) in [6, 6.07) is 0.147. The molecule has 96 valence electrons. The monoisotopic (exact) mass is 264 g/mol. The molecular weight excluding hydrogens is 248 g/mol. The number of rotatable bonds is 4. The zero-order chi connectivity index (χ0) is 13.1. The molecule has 0 aliphatic rings. The molecule has 0 aliphatic carbocycles. The summed E-state index contributed by atoms with van der Waals surface area (Å²) in [6.07, 6.45) is 1.52. The highest BCUT2D eigenvalue weighted by Crippen LogP contribution is 2.28. The number of hydrogen-bond acceptors (Lipinski definition) is 5. The van der Waals surface area contributed by atoms with Crippen LogP contribution in [0, 0.1) is 6.92 Å². The number of thiophene rings is 1. The summed E-state index contributed by atoms with van der Waals surface area (Å²) in [7, 11) is 0. The standard InChI is InChI=1S/C12H16N4OS/c1-7(2)16-9(17)4-13-12-11-10(14-6-15-12)8(3)5-18-11/h5-7H,4H2,1-3H3,(H,16,17)(H,13,14,15). The number of amides is 1. The fourth-order valence-electron chi connectivity index (χ4n) is 1.63. The van der Waals surface area contributed by atoms with Crippen LogP contribution < -0.4 is 10.6 Å². The Morgan fingerprint density at radius 3 is 2.94 bits per heavy atom. The summed E-state index contributed by atoms with van der Waals surface area (Å²) in [5.74, 6) is 0.682. The average molecular weight is 264 g/mol. The quantitative estimate of drug-likeness (QED) is 0.885. The number of nitrogens with one attached hydrogen (secondary N) is 2. The Morgan fingerprint density at radius 2 is 2.22 bits per heavy atom. The lowest BCUT2D eigenvalue weighted by molar-refractivity contribution is -0.119. The molecule has 0 aromatic carbocycles. The van der Waals surface area contributed by atoms with Crippen LogP contribution in [0.4, 0.5) is 5.82 Å². The normalized spacial score (nSPS) is 10.9. The van der Waals surface area contributed by atoms with E-state index in [1.54, 1.807) is 11.3 Å². The van der Waals surface area contributed by atoms with Gasteiger partial charge in [-0.15, -0.1) is 11.3 Å². The summed E-state index contributed by atoms with van der Waals surface area (Å²) >= 11 is 1.59. The van der Waals surface area contributed by atoms with E-state index in [-0.39, 0.29) is 18.5 Å². The maximum Gasteiger partial charge on any atom is 0.239 e. The molecule has 0 spiro atoms. The third-order valence-electron chi connectivity index (χ3n) is 2.40. The molecule has 0 unspecified atom stereocenters. The third-order valence-corrected chi connectivity index (χ3v) is 3.49. The van der Waals surface area contributed by atoms with Crippen LogP contribution in [0.5, 0.6) is 0 Å². The lowest BCUT2D eigenvalue weighted by atomic mass is 10.3. The topological polar surface area (TPSA) is 66.9 Å². The first-order chi connectivity index (χ1) is 8.58. The SMILES string of the molecule is Cc1csc2c(NCC(=O)NC(C)C)ncnc12. The summed E-state index contributed by atoms with van der Waals surface area (Å²) in [4.78, 5) is 20.0. The maximum atomic E-state index is 11.6. The number of aryl methyl sites for hydroxylation is 1. The van der Waals surface area contributed by atoms with E-state index in [0.29, 0.717) is 0 Å². The number of anilines is 1. The fourth-order valence-corrected chi connectivity index (χ4v) is 2.60. The molecule has 0 bridgehead atoms. The first-order valence-electron chi connectivity index (χ1n) is 5.80. The van der Waals surface area contributed by atoms with Gasteiger partial charge >= 0.3 is 0 Å². The zero-order valence-corrected chi connectivity index (χ0v) is 11.5. The Hall–Kier alpha value is -1.69. The molecular formula is C12H16N4OS. The molecule has 0 atom stereocenters. The van der Waals surface area contributed by atoms with Gasteiger partial charge in [0.1, 0.15) is 12.1 Å². The molecule has 2 aromatic rings. The first kappa shape index (κ1) is 12.8. The maximum absolute atomic E-state index is 11.6. The van der Waals surface area contributed by atoms with E-state index >= 15 is 0 Å². The van der Waals surface area contributed by atoms with Crippen LogP contribution in [0.15, 0.2) is 11.7 Å².